The Bertz CT molecular complexity index is 410. The highest BCUT2D eigenvalue weighted by Gasteiger charge is 2.29. The minimum absolute atomic E-state index is 0.0438. The van der Waals surface area contributed by atoms with Gasteiger partial charge in [0.15, 0.2) is 0 Å². The average Bonchev–Trinajstić information content (AvgIpc) is 3.04. The molecule has 0 radical (unpaired) electrons. The van der Waals surface area contributed by atoms with Gasteiger partial charge in [0.1, 0.15) is 12.4 Å². The summed E-state index contributed by atoms with van der Waals surface area (Å²) in [6, 6.07) is 0. The smallest absolute Gasteiger partial charge is 0.252 e. The van der Waals surface area contributed by atoms with Crippen molar-refractivity contribution in [3.8, 4) is 0 Å². The number of ether oxygens (including phenoxy) is 1. The van der Waals surface area contributed by atoms with Crippen LogP contribution in [0.15, 0.2) is 0 Å². The topological polar surface area (TPSA) is 69.0 Å². The zero-order chi connectivity index (χ0) is 12.4. The summed E-state index contributed by atoms with van der Waals surface area (Å²) < 4.78 is 7.05. The second-order valence-electron chi connectivity index (χ2n) is 4.62. The van der Waals surface area contributed by atoms with E-state index >= 15 is 0 Å². The first kappa shape index (κ1) is 12.0. The molecule has 0 aromatic carbocycles. The van der Waals surface area contributed by atoms with Gasteiger partial charge in [-0.25, -0.2) is 0 Å². The molecule has 0 saturated heterocycles. The van der Waals surface area contributed by atoms with Gasteiger partial charge >= 0.3 is 0 Å². The monoisotopic (exact) mass is 238 g/mol. The minimum Gasteiger partial charge on any atom is -0.369 e. The van der Waals surface area contributed by atoms with E-state index in [4.69, 9.17) is 4.74 Å². The number of anilines is 1. The van der Waals surface area contributed by atoms with Gasteiger partial charge in [-0.05, 0) is 26.7 Å². The number of aromatic nitrogens is 3. The van der Waals surface area contributed by atoms with Crippen molar-refractivity contribution in [1.82, 2.24) is 14.8 Å². The normalized spacial score (nSPS) is 15.3. The molecule has 1 heterocycles. The van der Waals surface area contributed by atoms with E-state index in [1.54, 1.807) is 0 Å². The third-order valence-electron chi connectivity index (χ3n) is 2.65. The summed E-state index contributed by atoms with van der Waals surface area (Å²) in [7, 11) is 1.87. The quantitative estimate of drug-likeness (QED) is 0.832. The summed E-state index contributed by atoms with van der Waals surface area (Å²) >= 11 is 0. The maximum Gasteiger partial charge on any atom is 0.252 e. The third-order valence-corrected chi connectivity index (χ3v) is 2.65. The molecule has 0 spiro atoms. The van der Waals surface area contributed by atoms with Crippen LogP contribution in [0.4, 0.5) is 5.95 Å². The number of nitrogens with one attached hydrogen (secondary N) is 1. The Morgan fingerprint density at radius 1 is 1.53 bits per heavy atom. The van der Waals surface area contributed by atoms with Gasteiger partial charge in [-0.1, -0.05) is 0 Å². The van der Waals surface area contributed by atoms with Crippen molar-refractivity contribution in [2.45, 2.75) is 38.7 Å². The molecule has 94 valence electrons. The largest absolute Gasteiger partial charge is 0.369 e. The Labute approximate surface area is 100 Å². The number of hydrogen-bond donors (Lipinski definition) is 1. The van der Waals surface area contributed by atoms with Crippen molar-refractivity contribution in [3.63, 3.8) is 0 Å². The molecule has 1 N–H and O–H groups in total. The summed E-state index contributed by atoms with van der Waals surface area (Å²) in [6.45, 7) is 3.82. The number of rotatable bonds is 5. The molecule has 1 amide bonds. The molecular formula is C11H18N4O2. The van der Waals surface area contributed by atoms with Gasteiger partial charge in [-0.15, -0.1) is 10.2 Å². The van der Waals surface area contributed by atoms with Crippen molar-refractivity contribution in [1.29, 1.82) is 0 Å². The Kier molecular flexibility index (Phi) is 3.42. The maximum atomic E-state index is 11.5. The molecule has 2 rings (SSSR count). The molecule has 1 fully saturated rings. The number of hydrogen-bond acceptors (Lipinski definition) is 4. The summed E-state index contributed by atoms with van der Waals surface area (Å²) in [4.78, 5) is 11.5. The van der Waals surface area contributed by atoms with E-state index in [1.165, 1.54) is 0 Å². The van der Waals surface area contributed by atoms with Gasteiger partial charge in [0.25, 0.3) is 5.91 Å². The molecule has 0 atom stereocenters. The van der Waals surface area contributed by atoms with Crippen LogP contribution in [0.2, 0.25) is 0 Å². The molecule has 1 aliphatic rings. The van der Waals surface area contributed by atoms with Crippen LogP contribution in [-0.2, 0) is 16.6 Å². The highest BCUT2D eigenvalue weighted by atomic mass is 16.5. The summed E-state index contributed by atoms with van der Waals surface area (Å²) in [5.41, 5.74) is 0. The molecule has 1 saturated carbocycles. The maximum absolute atomic E-state index is 11.5. The highest BCUT2D eigenvalue weighted by molar-refractivity contribution is 5.90. The lowest BCUT2D eigenvalue weighted by molar-refractivity contribution is -0.122. The zero-order valence-electron chi connectivity index (χ0n) is 10.4. The van der Waals surface area contributed by atoms with E-state index in [9.17, 15) is 4.79 Å². The summed E-state index contributed by atoms with van der Waals surface area (Å²) in [6.07, 6.45) is 2.37. The number of carbonyl (C=O) groups is 1. The first-order valence-corrected chi connectivity index (χ1v) is 5.88. The van der Waals surface area contributed by atoms with Gasteiger partial charge < -0.3 is 9.30 Å². The molecule has 17 heavy (non-hydrogen) atoms. The predicted octanol–water partition coefficient (Wildman–Crippen LogP) is 1.06. The Hall–Kier alpha value is -1.43. The molecule has 1 aliphatic carbocycles. The standard InChI is InChI=1S/C11H18N4O2/c1-7(2)17-6-9(16)12-11-14-13-10(15(11)3)8-4-5-8/h7-8H,4-6H2,1-3H3,(H,12,14,16). The predicted molar refractivity (Wildman–Crippen MR) is 62.7 cm³/mol. The van der Waals surface area contributed by atoms with Crippen molar-refractivity contribution >= 4 is 11.9 Å². The molecule has 6 heteroatoms. The molecule has 0 bridgehead atoms. The molecule has 6 nitrogen and oxygen atoms in total. The fraction of sp³-hybridized carbons (Fsp3) is 0.727. The van der Waals surface area contributed by atoms with E-state index in [1.807, 2.05) is 25.5 Å². The van der Waals surface area contributed by atoms with Crippen molar-refractivity contribution in [2.24, 2.45) is 7.05 Å². The fourth-order valence-electron chi connectivity index (χ4n) is 1.55. The lowest BCUT2D eigenvalue weighted by atomic mass is 10.4. The van der Waals surface area contributed by atoms with Crippen molar-refractivity contribution < 1.29 is 9.53 Å². The first-order valence-electron chi connectivity index (χ1n) is 5.88. The molecule has 1 aromatic rings. The highest BCUT2D eigenvalue weighted by Crippen LogP contribution is 2.39. The summed E-state index contributed by atoms with van der Waals surface area (Å²) in [5, 5.41) is 10.7. The van der Waals surface area contributed by atoms with Crippen LogP contribution in [0.25, 0.3) is 0 Å². The van der Waals surface area contributed by atoms with Gasteiger partial charge in [0.2, 0.25) is 5.95 Å². The zero-order valence-corrected chi connectivity index (χ0v) is 10.4. The lowest BCUT2D eigenvalue weighted by Gasteiger charge is -2.08. The van der Waals surface area contributed by atoms with E-state index < -0.39 is 0 Å². The van der Waals surface area contributed by atoms with E-state index in [-0.39, 0.29) is 18.6 Å². The fourth-order valence-corrected chi connectivity index (χ4v) is 1.55. The minimum atomic E-state index is -0.198. The second kappa shape index (κ2) is 4.83. The SMILES string of the molecule is CC(C)OCC(=O)Nc1nnc(C2CC2)n1C. The number of carbonyl (C=O) groups excluding carboxylic acids is 1. The van der Waals surface area contributed by atoms with Crippen LogP contribution >= 0.6 is 0 Å². The van der Waals surface area contributed by atoms with Gasteiger partial charge in [0.05, 0.1) is 6.10 Å². The Morgan fingerprint density at radius 2 is 2.24 bits per heavy atom. The van der Waals surface area contributed by atoms with Crippen LogP contribution in [0.1, 0.15) is 38.4 Å². The lowest BCUT2D eigenvalue weighted by Crippen LogP contribution is -2.22. The van der Waals surface area contributed by atoms with E-state index in [0.29, 0.717) is 11.9 Å². The number of nitrogens with zero attached hydrogens (tertiary/aromatic N) is 3. The van der Waals surface area contributed by atoms with Crippen LogP contribution in [0, 0.1) is 0 Å². The van der Waals surface area contributed by atoms with E-state index in [0.717, 1.165) is 18.7 Å². The van der Waals surface area contributed by atoms with Gasteiger partial charge in [-0.3, -0.25) is 10.1 Å². The Morgan fingerprint density at radius 3 is 2.82 bits per heavy atom. The van der Waals surface area contributed by atoms with Crippen LogP contribution in [-0.4, -0.2) is 33.4 Å². The Balaban J connectivity index is 1.91. The van der Waals surface area contributed by atoms with Gasteiger partial charge in [0, 0.05) is 13.0 Å². The molecule has 0 unspecified atom stereocenters. The summed E-state index contributed by atoms with van der Waals surface area (Å²) in [5.74, 6) is 1.76. The van der Waals surface area contributed by atoms with Crippen molar-refractivity contribution in [3.05, 3.63) is 5.82 Å². The molecule has 1 aromatic heterocycles. The van der Waals surface area contributed by atoms with Crippen LogP contribution in [0.3, 0.4) is 0 Å². The second-order valence-corrected chi connectivity index (χ2v) is 4.62. The molecule has 0 aliphatic heterocycles. The van der Waals surface area contributed by atoms with E-state index in [2.05, 4.69) is 15.5 Å². The average molecular weight is 238 g/mol. The van der Waals surface area contributed by atoms with Crippen molar-refractivity contribution in [2.75, 3.05) is 11.9 Å². The first-order chi connectivity index (χ1) is 8.08. The van der Waals surface area contributed by atoms with Gasteiger partial charge in [-0.2, -0.15) is 0 Å². The third kappa shape index (κ3) is 3.03. The molecular weight excluding hydrogens is 220 g/mol. The van der Waals surface area contributed by atoms with Crippen LogP contribution in [0.5, 0.6) is 0 Å². The number of amides is 1. The van der Waals surface area contributed by atoms with Crippen LogP contribution < -0.4 is 5.32 Å².